The van der Waals surface area contributed by atoms with Gasteiger partial charge in [0.05, 0.1) is 6.10 Å². The number of hydrogen-bond donors (Lipinski definition) is 1. The topological polar surface area (TPSA) is 20.2 Å². The number of alkyl halides is 1. The van der Waals surface area contributed by atoms with E-state index < -0.39 is 0 Å². The monoisotopic (exact) mass is 166 g/mol. The van der Waals surface area contributed by atoms with Gasteiger partial charge >= 0.3 is 0 Å². The largest absolute Gasteiger partial charge is 0.392 e. The fraction of sp³-hybridized carbons (Fsp3) is 1.00. The van der Waals surface area contributed by atoms with Gasteiger partial charge in [0, 0.05) is 4.83 Å². The van der Waals surface area contributed by atoms with Crippen molar-refractivity contribution in [1.82, 2.24) is 0 Å². The van der Waals surface area contributed by atoms with Crippen LogP contribution in [-0.2, 0) is 0 Å². The summed E-state index contributed by atoms with van der Waals surface area (Å²) in [4.78, 5) is 0.234. The summed E-state index contributed by atoms with van der Waals surface area (Å²) in [5, 5.41) is 8.89. The van der Waals surface area contributed by atoms with E-state index >= 15 is 0 Å². The Morgan fingerprint density at radius 3 is 2.14 bits per heavy atom. The molecule has 0 aromatic carbocycles. The quantitative estimate of drug-likeness (QED) is 0.618. The van der Waals surface area contributed by atoms with Gasteiger partial charge in [0.2, 0.25) is 0 Å². The first-order valence-corrected chi connectivity index (χ1v) is 3.42. The lowest BCUT2D eigenvalue weighted by molar-refractivity contribution is 0.173. The van der Waals surface area contributed by atoms with Gasteiger partial charge in [0.25, 0.3) is 0 Å². The second kappa shape index (κ2) is 3.44. The Morgan fingerprint density at radius 1 is 1.71 bits per heavy atom. The Labute approximate surface area is 52.9 Å². The maximum absolute atomic E-state index is 8.89. The SMILES string of the molecule is CC[C@@H](O)[C@H](C)Br. The van der Waals surface area contributed by atoms with E-state index in [4.69, 9.17) is 5.11 Å². The maximum atomic E-state index is 8.89. The summed E-state index contributed by atoms with van der Waals surface area (Å²) in [6, 6.07) is 0. The van der Waals surface area contributed by atoms with Gasteiger partial charge in [-0.2, -0.15) is 0 Å². The first-order chi connectivity index (χ1) is 3.18. The molecule has 0 spiro atoms. The van der Waals surface area contributed by atoms with E-state index in [0.717, 1.165) is 6.42 Å². The van der Waals surface area contributed by atoms with Gasteiger partial charge in [0.1, 0.15) is 0 Å². The highest BCUT2D eigenvalue weighted by molar-refractivity contribution is 9.09. The molecule has 0 unspecified atom stereocenters. The molecule has 0 fully saturated rings. The molecule has 44 valence electrons. The van der Waals surface area contributed by atoms with Gasteiger partial charge < -0.3 is 5.11 Å². The van der Waals surface area contributed by atoms with Crippen molar-refractivity contribution in [3.05, 3.63) is 0 Å². The van der Waals surface area contributed by atoms with Crippen molar-refractivity contribution in [2.24, 2.45) is 0 Å². The first kappa shape index (κ1) is 7.44. The van der Waals surface area contributed by atoms with Crippen LogP contribution in [0, 0.1) is 0 Å². The van der Waals surface area contributed by atoms with Crippen molar-refractivity contribution >= 4 is 15.9 Å². The molecule has 0 radical (unpaired) electrons. The summed E-state index contributed by atoms with van der Waals surface area (Å²) < 4.78 is 0. The molecule has 0 aromatic rings. The van der Waals surface area contributed by atoms with Crippen LogP contribution in [0.5, 0.6) is 0 Å². The average Bonchev–Trinajstić information content (AvgIpc) is 1.65. The van der Waals surface area contributed by atoms with Gasteiger partial charge in [-0.25, -0.2) is 0 Å². The normalized spacial score (nSPS) is 18.9. The van der Waals surface area contributed by atoms with Gasteiger partial charge in [-0.05, 0) is 6.42 Å². The van der Waals surface area contributed by atoms with Crippen LogP contribution < -0.4 is 0 Å². The summed E-state index contributed by atoms with van der Waals surface area (Å²) in [6.45, 7) is 3.90. The van der Waals surface area contributed by atoms with Crippen LogP contribution >= 0.6 is 15.9 Å². The molecule has 0 aliphatic rings. The zero-order valence-corrected chi connectivity index (χ0v) is 6.27. The molecule has 0 aliphatic carbocycles. The zero-order valence-electron chi connectivity index (χ0n) is 4.69. The maximum Gasteiger partial charge on any atom is 0.0659 e. The lowest BCUT2D eigenvalue weighted by atomic mass is 10.2. The van der Waals surface area contributed by atoms with Crippen molar-refractivity contribution in [3.8, 4) is 0 Å². The second-order valence-electron chi connectivity index (χ2n) is 1.65. The van der Waals surface area contributed by atoms with Crippen LogP contribution in [0.1, 0.15) is 20.3 Å². The standard InChI is InChI=1S/C5H11BrO/c1-3-5(7)4(2)6/h4-5,7H,3H2,1-2H3/t4-,5+/m0/s1. The predicted octanol–water partition coefficient (Wildman–Crippen LogP) is 1.54. The molecular formula is C5H11BrO. The highest BCUT2D eigenvalue weighted by Gasteiger charge is 2.05. The van der Waals surface area contributed by atoms with Crippen LogP contribution in [0.3, 0.4) is 0 Å². The lowest BCUT2D eigenvalue weighted by Gasteiger charge is -2.07. The van der Waals surface area contributed by atoms with E-state index in [1.54, 1.807) is 0 Å². The summed E-state index contributed by atoms with van der Waals surface area (Å²) in [5.74, 6) is 0. The van der Waals surface area contributed by atoms with Crippen LogP contribution in [-0.4, -0.2) is 16.0 Å². The van der Waals surface area contributed by atoms with Gasteiger partial charge in [-0.3, -0.25) is 0 Å². The fourth-order valence-corrected chi connectivity index (χ4v) is 0.699. The molecule has 0 saturated carbocycles. The van der Waals surface area contributed by atoms with Crippen LogP contribution in [0.15, 0.2) is 0 Å². The molecule has 0 saturated heterocycles. The minimum absolute atomic E-state index is 0.181. The second-order valence-corrected chi connectivity index (χ2v) is 3.10. The van der Waals surface area contributed by atoms with E-state index in [1.807, 2.05) is 13.8 Å². The molecule has 0 aliphatic heterocycles. The third-order valence-electron chi connectivity index (χ3n) is 0.948. The van der Waals surface area contributed by atoms with E-state index in [-0.39, 0.29) is 10.9 Å². The van der Waals surface area contributed by atoms with Gasteiger partial charge in [-0.15, -0.1) is 0 Å². The molecule has 1 nitrogen and oxygen atoms in total. The first-order valence-electron chi connectivity index (χ1n) is 2.50. The Hall–Kier alpha value is 0.440. The van der Waals surface area contributed by atoms with Gasteiger partial charge in [0.15, 0.2) is 0 Å². The molecular weight excluding hydrogens is 156 g/mol. The Kier molecular flexibility index (Phi) is 3.66. The molecule has 1 N–H and O–H groups in total. The molecule has 0 rings (SSSR count). The third kappa shape index (κ3) is 3.06. The number of hydrogen-bond acceptors (Lipinski definition) is 1. The van der Waals surface area contributed by atoms with Crippen LogP contribution in [0.4, 0.5) is 0 Å². The lowest BCUT2D eigenvalue weighted by Crippen LogP contribution is -2.14. The fourth-order valence-electron chi connectivity index (χ4n) is 0.325. The van der Waals surface area contributed by atoms with E-state index in [9.17, 15) is 0 Å². The highest BCUT2D eigenvalue weighted by atomic mass is 79.9. The molecule has 2 atom stereocenters. The number of rotatable bonds is 2. The summed E-state index contributed by atoms with van der Waals surface area (Å²) in [7, 11) is 0. The van der Waals surface area contributed by atoms with Crippen molar-refractivity contribution in [1.29, 1.82) is 0 Å². The smallest absolute Gasteiger partial charge is 0.0659 e. The molecule has 0 heterocycles. The molecule has 0 aromatic heterocycles. The van der Waals surface area contributed by atoms with E-state index in [2.05, 4.69) is 15.9 Å². The number of aliphatic hydroxyl groups excluding tert-OH is 1. The molecule has 2 heteroatoms. The minimum atomic E-state index is -0.181. The Bertz CT molecular complexity index is 45.3. The predicted molar refractivity (Wildman–Crippen MR) is 34.7 cm³/mol. The number of aliphatic hydroxyl groups is 1. The minimum Gasteiger partial charge on any atom is -0.392 e. The van der Waals surface area contributed by atoms with E-state index in [1.165, 1.54) is 0 Å². The molecule has 7 heavy (non-hydrogen) atoms. The summed E-state index contributed by atoms with van der Waals surface area (Å²) >= 11 is 3.25. The van der Waals surface area contributed by atoms with Crippen molar-refractivity contribution in [3.63, 3.8) is 0 Å². The Morgan fingerprint density at radius 2 is 2.14 bits per heavy atom. The van der Waals surface area contributed by atoms with Crippen molar-refractivity contribution in [2.75, 3.05) is 0 Å². The average molecular weight is 167 g/mol. The van der Waals surface area contributed by atoms with E-state index in [0.29, 0.717) is 0 Å². The van der Waals surface area contributed by atoms with Crippen LogP contribution in [0.2, 0.25) is 0 Å². The number of halogens is 1. The zero-order chi connectivity index (χ0) is 5.86. The van der Waals surface area contributed by atoms with Crippen LogP contribution in [0.25, 0.3) is 0 Å². The van der Waals surface area contributed by atoms with Crippen molar-refractivity contribution < 1.29 is 5.11 Å². The van der Waals surface area contributed by atoms with Crippen molar-refractivity contribution in [2.45, 2.75) is 31.2 Å². The Balaban J connectivity index is 3.14. The van der Waals surface area contributed by atoms with Gasteiger partial charge in [-0.1, -0.05) is 29.8 Å². The third-order valence-corrected chi connectivity index (χ3v) is 1.56. The summed E-state index contributed by atoms with van der Waals surface area (Å²) in [5.41, 5.74) is 0. The highest BCUT2D eigenvalue weighted by Crippen LogP contribution is 2.05. The summed E-state index contributed by atoms with van der Waals surface area (Å²) in [6.07, 6.45) is 0.645. The molecule has 0 amide bonds. The molecule has 0 bridgehead atoms.